The van der Waals surface area contributed by atoms with E-state index in [0.717, 1.165) is 12.4 Å². The Labute approximate surface area is 124 Å². The highest BCUT2D eigenvalue weighted by Gasteiger charge is 2.28. The molecule has 0 bridgehead atoms. The van der Waals surface area contributed by atoms with Crippen molar-refractivity contribution in [3.63, 3.8) is 0 Å². The van der Waals surface area contributed by atoms with Gasteiger partial charge in [-0.1, -0.05) is 37.2 Å². The fraction of sp³-hybridized carbons (Fsp3) is 0.500. The number of rotatable bonds is 5. The summed E-state index contributed by atoms with van der Waals surface area (Å²) in [5.41, 5.74) is 1.27. The molecule has 1 aromatic heterocycles. The average Bonchev–Trinajstić information content (AvgIpc) is 3.11. The number of nitrogens with zero attached hydrogens (tertiary/aromatic N) is 2. The van der Waals surface area contributed by atoms with E-state index >= 15 is 0 Å². The summed E-state index contributed by atoms with van der Waals surface area (Å²) in [6.45, 7) is 7.58. The molecule has 2 atom stereocenters. The highest BCUT2D eigenvalue weighted by Crippen LogP contribution is 2.35. The third kappa shape index (κ3) is 2.93. The minimum atomic E-state index is 0.263. The maximum atomic E-state index is 5.73. The monoisotopic (exact) mass is 287 g/mol. The molecular weight excluding hydrogens is 266 g/mol. The minimum absolute atomic E-state index is 0.263. The number of hydrogen-bond acceptors (Lipinski definition) is 5. The van der Waals surface area contributed by atoms with Gasteiger partial charge in [-0.15, -0.1) is 0 Å². The van der Waals surface area contributed by atoms with Gasteiger partial charge in [0, 0.05) is 23.4 Å². The molecule has 0 saturated carbocycles. The number of fused-ring (bicyclic) bond motifs is 1. The Morgan fingerprint density at radius 2 is 2.10 bits per heavy atom. The molecule has 0 amide bonds. The maximum Gasteiger partial charge on any atom is 0.229 e. The van der Waals surface area contributed by atoms with Crippen LogP contribution in [0.3, 0.4) is 0 Å². The van der Waals surface area contributed by atoms with Gasteiger partial charge in [0.25, 0.3) is 0 Å². The molecule has 0 saturated heterocycles. The molecule has 0 aliphatic carbocycles. The summed E-state index contributed by atoms with van der Waals surface area (Å²) >= 11 is 0. The molecule has 3 rings (SSSR count). The van der Waals surface area contributed by atoms with Gasteiger partial charge in [0.15, 0.2) is 5.82 Å². The summed E-state index contributed by atoms with van der Waals surface area (Å²) in [6, 6.07) is 8.51. The lowest BCUT2D eigenvalue weighted by molar-refractivity contribution is 0.302. The fourth-order valence-electron chi connectivity index (χ4n) is 2.57. The topological polar surface area (TPSA) is 60.2 Å². The van der Waals surface area contributed by atoms with E-state index in [1.165, 1.54) is 5.56 Å². The lowest BCUT2D eigenvalue weighted by atomic mass is 9.94. The Kier molecular flexibility index (Phi) is 3.92. The first-order valence-corrected chi connectivity index (χ1v) is 7.42. The predicted octanol–water partition coefficient (Wildman–Crippen LogP) is 2.85. The number of nitrogens with one attached hydrogen (secondary N) is 1. The summed E-state index contributed by atoms with van der Waals surface area (Å²) < 4.78 is 10.9. The van der Waals surface area contributed by atoms with E-state index in [1.54, 1.807) is 0 Å². The van der Waals surface area contributed by atoms with Crippen molar-refractivity contribution in [2.24, 2.45) is 0 Å². The zero-order chi connectivity index (χ0) is 14.8. The Balaban J connectivity index is 1.61. The molecular formula is C16H21N3O2. The Bertz CT molecular complexity index is 609. The van der Waals surface area contributed by atoms with Gasteiger partial charge in [-0.05, 0) is 13.0 Å². The quantitative estimate of drug-likeness (QED) is 0.916. The second kappa shape index (κ2) is 5.85. The fourth-order valence-corrected chi connectivity index (χ4v) is 2.57. The van der Waals surface area contributed by atoms with Crippen LogP contribution in [0.1, 0.15) is 49.9 Å². The van der Waals surface area contributed by atoms with Crippen LogP contribution in [0.15, 0.2) is 28.8 Å². The summed E-state index contributed by atoms with van der Waals surface area (Å²) in [5, 5.41) is 7.47. The van der Waals surface area contributed by atoms with Crippen LogP contribution >= 0.6 is 0 Å². The van der Waals surface area contributed by atoms with Crippen molar-refractivity contribution < 1.29 is 9.26 Å². The van der Waals surface area contributed by atoms with E-state index in [2.05, 4.69) is 34.5 Å². The molecule has 2 heterocycles. The van der Waals surface area contributed by atoms with E-state index in [1.807, 2.05) is 26.0 Å². The summed E-state index contributed by atoms with van der Waals surface area (Å²) in [4.78, 5) is 4.38. The molecule has 0 radical (unpaired) electrons. The van der Waals surface area contributed by atoms with Gasteiger partial charge in [0.1, 0.15) is 5.75 Å². The normalized spacial score (nSPS) is 18.6. The van der Waals surface area contributed by atoms with Gasteiger partial charge in [-0.3, -0.25) is 0 Å². The second-order valence-corrected chi connectivity index (χ2v) is 5.83. The lowest BCUT2D eigenvalue weighted by Crippen LogP contribution is -2.32. The van der Waals surface area contributed by atoms with Crippen molar-refractivity contribution in [3.8, 4) is 5.75 Å². The molecule has 0 unspecified atom stereocenters. The molecule has 0 fully saturated rings. The molecule has 1 aliphatic heterocycles. The van der Waals surface area contributed by atoms with E-state index in [4.69, 9.17) is 9.26 Å². The van der Waals surface area contributed by atoms with Crippen molar-refractivity contribution in [2.75, 3.05) is 6.61 Å². The highest BCUT2D eigenvalue weighted by molar-refractivity contribution is 5.40. The Morgan fingerprint density at radius 3 is 2.86 bits per heavy atom. The molecule has 21 heavy (non-hydrogen) atoms. The summed E-state index contributed by atoms with van der Waals surface area (Å²) in [7, 11) is 0. The van der Waals surface area contributed by atoms with E-state index in [-0.39, 0.29) is 12.0 Å². The van der Waals surface area contributed by atoms with E-state index in [0.29, 0.717) is 24.2 Å². The summed E-state index contributed by atoms with van der Waals surface area (Å²) in [6.07, 6.45) is 0. The van der Waals surface area contributed by atoms with Gasteiger partial charge in [0.05, 0.1) is 13.2 Å². The van der Waals surface area contributed by atoms with Crippen molar-refractivity contribution in [3.05, 3.63) is 41.5 Å². The molecule has 112 valence electrons. The molecule has 0 spiro atoms. The third-order valence-electron chi connectivity index (χ3n) is 3.90. The predicted molar refractivity (Wildman–Crippen MR) is 79.4 cm³/mol. The molecule has 1 N–H and O–H groups in total. The maximum absolute atomic E-state index is 5.73. The molecule has 5 nitrogen and oxygen atoms in total. The second-order valence-electron chi connectivity index (χ2n) is 5.83. The average molecular weight is 287 g/mol. The van der Waals surface area contributed by atoms with Crippen LogP contribution in [-0.2, 0) is 6.54 Å². The first-order valence-electron chi connectivity index (χ1n) is 7.42. The number of aromatic nitrogens is 2. The van der Waals surface area contributed by atoms with Crippen molar-refractivity contribution in [1.82, 2.24) is 15.5 Å². The number of para-hydroxylation sites is 1. The molecule has 1 aromatic carbocycles. The smallest absolute Gasteiger partial charge is 0.229 e. The first kappa shape index (κ1) is 14.1. The largest absolute Gasteiger partial charge is 0.493 e. The van der Waals surface area contributed by atoms with Crippen LogP contribution < -0.4 is 10.1 Å². The standard InChI is InChI=1S/C16H21N3O2/c1-10(2)16-18-15(19-21-16)8-17-11(3)13-9-20-14-7-5-4-6-12(13)14/h4-7,10-11,13,17H,8-9H2,1-3H3/t11-,13-/m0/s1. The molecule has 1 aliphatic rings. The zero-order valence-electron chi connectivity index (χ0n) is 12.7. The number of ether oxygens (including phenoxy) is 1. The van der Waals surface area contributed by atoms with Gasteiger partial charge in [-0.25, -0.2) is 0 Å². The van der Waals surface area contributed by atoms with Gasteiger partial charge >= 0.3 is 0 Å². The third-order valence-corrected chi connectivity index (χ3v) is 3.90. The van der Waals surface area contributed by atoms with Gasteiger partial charge in [-0.2, -0.15) is 4.98 Å². The van der Waals surface area contributed by atoms with Crippen molar-refractivity contribution in [2.45, 2.75) is 45.2 Å². The van der Waals surface area contributed by atoms with Crippen LogP contribution in [0, 0.1) is 0 Å². The van der Waals surface area contributed by atoms with E-state index in [9.17, 15) is 0 Å². The number of benzene rings is 1. The minimum Gasteiger partial charge on any atom is -0.493 e. The molecule has 5 heteroatoms. The molecule has 2 aromatic rings. The SMILES string of the molecule is CC(C)c1nc(CN[C@@H](C)[C@@H]2COc3ccccc32)no1. The van der Waals surface area contributed by atoms with Crippen LogP contribution in [0.5, 0.6) is 5.75 Å². The zero-order valence-corrected chi connectivity index (χ0v) is 12.7. The van der Waals surface area contributed by atoms with Crippen molar-refractivity contribution in [1.29, 1.82) is 0 Å². The van der Waals surface area contributed by atoms with Gasteiger partial charge < -0.3 is 14.6 Å². The first-order chi connectivity index (χ1) is 10.1. The number of hydrogen-bond donors (Lipinski definition) is 1. The van der Waals surface area contributed by atoms with E-state index < -0.39 is 0 Å². The summed E-state index contributed by atoms with van der Waals surface area (Å²) in [5.74, 6) is 3.01. The Morgan fingerprint density at radius 1 is 1.29 bits per heavy atom. The van der Waals surface area contributed by atoms with Crippen LogP contribution in [0.4, 0.5) is 0 Å². The van der Waals surface area contributed by atoms with Crippen LogP contribution in [0.25, 0.3) is 0 Å². The lowest BCUT2D eigenvalue weighted by Gasteiger charge is -2.19. The van der Waals surface area contributed by atoms with Crippen LogP contribution in [-0.4, -0.2) is 22.8 Å². The van der Waals surface area contributed by atoms with Gasteiger partial charge in [0.2, 0.25) is 5.89 Å². The van der Waals surface area contributed by atoms with Crippen LogP contribution in [0.2, 0.25) is 0 Å². The highest BCUT2D eigenvalue weighted by atomic mass is 16.5. The Hall–Kier alpha value is -1.88. The van der Waals surface area contributed by atoms with Crippen molar-refractivity contribution >= 4 is 0 Å².